The Labute approximate surface area is 199 Å². The lowest BCUT2D eigenvalue weighted by molar-refractivity contribution is -0.149. The maximum atomic E-state index is 12.8. The molecule has 2 aromatic carbocycles. The highest BCUT2D eigenvalue weighted by molar-refractivity contribution is 5.99. The van der Waals surface area contributed by atoms with Crippen molar-refractivity contribution in [2.24, 2.45) is 0 Å². The molecule has 2 fully saturated rings. The highest BCUT2D eigenvalue weighted by Crippen LogP contribution is 2.47. The summed E-state index contributed by atoms with van der Waals surface area (Å²) in [5.41, 5.74) is 2.34. The van der Waals surface area contributed by atoms with Gasteiger partial charge in [0, 0.05) is 35.9 Å². The molecule has 0 unspecified atom stereocenters. The summed E-state index contributed by atoms with van der Waals surface area (Å²) < 4.78 is 12.2. The zero-order chi connectivity index (χ0) is 23.5. The van der Waals surface area contributed by atoms with Gasteiger partial charge in [-0.3, -0.25) is 4.79 Å². The average molecular weight is 466 g/mol. The lowest BCUT2D eigenvalue weighted by atomic mass is 9.84. The minimum Gasteiger partial charge on any atom is -0.487 e. The van der Waals surface area contributed by atoms with Gasteiger partial charge in [0.25, 0.3) is 0 Å². The Kier molecular flexibility index (Phi) is 6.69. The van der Waals surface area contributed by atoms with E-state index in [1.54, 1.807) is 6.07 Å². The number of carbonyl (C=O) groups excluding carboxylic acids is 2. The number of aliphatic hydroxyl groups is 1. The summed E-state index contributed by atoms with van der Waals surface area (Å²) in [6.45, 7) is 1.45. The third kappa shape index (κ3) is 4.88. The number of ether oxygens (including phenoxy) is 2. The van der Waals surface area contributed by atoms with Crippen molar-refractivity contribution in [3.8, 4) is 5.75 Å². The van der Waals surface area contributed by atoms with Gasteiger partial charge in [-0.05, 0) is 56.0 Å². The highest BCUT2D eigenvalue weighted by Gasteiger charge is 2.46. The molecule has 8 heteroatoms. The number of urea groups is 1. The van der Waals surface area contributed by atoms with Gasteiger partial charge in [0.15, 0.2) is 0 Å². The van der Waals surface area contributed by atoms with Crippen LogP contribution >= 0.6 is 0 Å². The number of nitrogens with zero attached hydrogens (tertiary/aromatic N) is 1. The number of hydrogen-bond donors (Lipinski definition) is 3. The van der Waals surface area contributed by atoms with Gasteiger partial charge < -0.3 is 30.1 Å². The second-order valence-electron chi connectivity index (χ2n) is 9.25. The molecule has 0 spiro atoms. The van der Waals surface area contributed by atoms with Crippen LogP contribution in [0.5, 0.6) is 5.75 Å². The van der Waals surface area contributed by atoms with Crippen LogP contribution in [0.4, 0.5) is 16.2 Å². The van der Waals surface area contributed by atoms with Crippen molar-refractivity contribution in [3.05, 3.63) is 54.1 Å². The Bertz CT molecular complexity index is 1020. The second kappa shape index (κ2) is 10.0. The number of likely N-dealkylation sites (tertiary alicyclic amines) is 1. The molecule has 0 radical (unpaired) electrons. The van der Waals surface area contributed by atoms with Crippen molar-refractivity contribution in [2.45, 2.75) is 56.3 Å². The second-order valence-corrected chi connectivity index (χ2v) is 9.25. The van der Waals surface area contributed by atoms with E-state index in [1.165, 1.54) is 6.42 Å². The zero-order valence-electron chi connectivity index (χ0n) is 19.1. The summed E-state index contributed by atoms with van der Waals surface area (Å²) in [7, 11) is 0. The van der Waals surface area contributed by atoms with E-state index in [4.69, 9.17) is 9.47 Å². The topological polar surface area (TPSA) is 100 Å². The number of carbonyl (C=O) groups is 2. The summed E-state index contributed by atoms with van der Waals surface area (Å²) in [4.78, 5) is 27.2. The van der Waals surface area contributed by atoms with Crippen LogP contribution in [0, 0.1) is 0 Å². The summed E-state index contributed by atoms with van der Waals surface area (Å²) in [6, 6.07) is 14.5. The van der Waals surface area contributed by atoms with Crippen LogP contribution in [0.25, 0.3) is 0 Å². The third-order valence-electron chi connectivity index (χ3n) is 6.90. The Morgan fingerprint density at radius 3 is 2.53 bits per heavy atom. The number of rotatable bonds is 5. The Hall–Kier alpha value is -3.10. The Morgan fingerprint density at radius 1 is 1.00 bits per heavy atom. The minimum atomic E-state index is -0.497. The average Bonchev–Trinajstić information content (AvgIpc) is 3.22. The highest BCUT2D eigenvalue weighted by atomic mass is 16.6. The van der Waals surface area contributed by atoms with E-state index in [1.807, 2.05) is 47.4 Å². The molecule has 3 N–H and O–H groups in total. The fourth-order valence-corrected chi connectivity index (χ4v) is 5.25. The molecule has 3 amide bonds. The minimum absolute atomic E-state index is 0.0148. The fourth-order valence-electron chi connectivity index (χ4n) is 5.25. The van der Waals surface area contributed by atoms with Gasteiger partial charge in [-0.25, -0.2) is 4.79 Å². The van der Waals surface area contributed by atoms with Crippen molar-refractivity contribution in [2.75, 3.05) is 30.3 Å². The summed E-state index contributed by atoms with van der Waals surface area (Å²) in [6.07, 6.45) is 3.14. The smallest absolute Gasteiger partial charge is 0.323 e. The van der Waals surface area contributed by atoms with Crippen LogP contribution in [0.15, 0.2) is 48.5 Å². The number of fused-ring (bicyclic) bond motifs is 3. The molecule has 0 saturated carbocycles. The van der Waals surface area contributed by atoms with Crippen molar-refractivity contribution in [1.29, 1.82) is 0 Å². The van der Waals surface area contributed by atoms with Gasteiger partial charge in [-0.2, -0.15) is 0 Å². The van der Waals surface area contributed by atoms with E-state index in [9.17, 15) is 14.7 Å². The number of amides is 3. The van der Waals surface area contributed by atoms with E-state index < -0.39 is 6.10 Å². The summed E-state index contributed by atoms with van der Waals surface area (Å²) >= 11 is 0. The molecule has 8 nitrogen and oxygen atoms in total. The number of piperidine rings is 1. The van der Waals surface area contributed by atoms with E-state index in [0.29, 0.717) is 24.2 Å². The largest absolute Gasteiger partial charge is 0.487 e. The van der Waals surface area contributed by atoms with E-state index in [-0.39, 0.29) is 36.7 Å². The predicted octanol–water partition coefficient (Wildman–Crippen LogP) is 3.73. The summed E-state index contributed by atoms with van der Waals surface area (Å²) in [5, 5.41) is 15.7. The molecule has 0 aliphatic carbocycles. The quantitative estimate of drug-likeness (QED) is 0.625. The van der Waals surface area contributed by atoms with Gasteiger partial charge in [0.1, 0.15) is 18.0 Å². The standard InChI is InChI=1S/C26H31N3O5/c30-16-23-25-21(14-19(33-23)15-24(31)29-11-5-2-6-12-29)20-13-18(9-10-22(20)34-25)28-26(32)27-17-7-3-1-4-8-17/h1,3-4,7-10,13,19,21,23,25,30H,2,5-6,11-12,14-16H2,(H2,27,28,32)/t19-,21-,23-,25+/m0/s1. The molecule has 0 aromatic heterocycles. The molecular weight excluding hydrogens is 434 g/mol. The first-order chi connectivity index (χ1) is 16.6. The number of para-hydroxylation sites is 1. The fraction of sp³-hybridized carbons (Fsp3) is 0.462. The van der Waals surface area contributed by atoms with Crippen LogP contribution in [-0.4, -0.2) is 60.0 Å². The molecule has 2 saturated heterocycles. The first-order valence-electron chi connectivity index (χ1n) is 12.1. The predicted molar refractivity (Wildman–Crippen MR) is 128 cm³/mol. The molecule has 3 aliphatic heterocycles. The molecule has 3 aliphatic rings. The molecule has 5 rings (SSSR count). The first-order valence-corrected chi connectivity index (χ1v) is 12.1. The molecular formula is C26H31N3O5. The molecule has 4 atom stereocenters. The zero-order valence-corrected chi connectivity index (χ0v) is 19.1. The maximum absolute atomic E-state index is 12.8. The number of aliphatic hydroxyl groups excluding tert-OH is 1. The number of anilines is 2. The molecule has 3 heterocycles. The van der Waals surface area contributed by atoms with Gasteiger partial charge >= 0.3 is 6.03 Å². The van der Waals surface area contributed by atoms with Crippen LogP contribution in [0.1, 0.15) is 43.6 Å². The van der Waals surface area contributed by atoms with Crippen molar-refractivity contribution in [1.82, 2.24) is 4.90 Å². The SMILES string of the molecule is O=C(Nc1ccccc1)Nc1ccc2c(c1)[C@@H]1C[C@@H](CC(=O)N3CCCCC3)O[C@@H](CO)[C@@H]1O2. The van der Waals surface area contributed by atoms with Crippen LogP contribution < -0.4 is 15.4 Å². The number of hydrogen-bond acceptors (Lipinski definition) is 5. The Balaban J connectivity index is 1.28. The van der Waals surface area contributed by atoms with Gasteiger partial charge in [0.2, 0.25) is 5.91 Å². The molecule has 180 valence electrons. The molecule has 0 bridgehead atoms. The number of nitrogens with one attached hydrogen (secondary N) is 2. The Morgan fingerprint density at radius 2 is 1.76 bits per heavy atom. The van der Waals surface area contributed by atoms with Gasteiger partial charge in [0.05, 0.1) is 19.1 Å². The molecule has 2 aromatic rings. The lowest BCUT2D eigenvalue weighted by Crippen LogP contribution is -2.48. The van der Waals surface area contributed by atoms with Crippen molar-refractivity contribution >= 4 is 23.3 Å². The third-order valence-corrected chi connectivity index (χ3v) is 6.90. The van der Waals surface area contributed by atoms with Crippen molar-refractivity contribution in [3.63, 3.8) is 0 Å². The first kappa shape index (κ1) is 22.7. The van der Waals surface area contributed by atoms with Crippen LogP contribution in [0.2, 0.25) is 0 Å². The number of benzene rings is 2. The molecule has 34 heavy (non-hydrogen) atoms. The lowest BCUT2D eigenvalue weighted by Gasteiger charge is -2.38. The van der Waals surface area contributed by atoms with E-state index in [0.717, 1.165) is 37.2 Å². The van der Waals surface area contributed by atoms with E-state index in [2.05, 4.69) is 10.6 Å². The monoisotopic (exact) mass is 465 g/mol. The van der Waals surface area contributed by atoms with Gasteiger partial charge in [-0.1, -0.05) is 18.2 Å². The van der Waals surface area contributed by atoms with Gasteiger partial charge in [-0.15, -0.1) is 0 Å². The maximum Gasteiger partial charge on any atom is 0.323 e. The summed E-state index contributed by atoms with van der Waals surface area (Å²) in [5.74, 6) is 0.833. The van der Waals surface area contributed by atoms with E-state index >= 15 is 0 Å². The van der Waals surface area contributed by atoms with Crippen molar-refractivity contribution < 1.29 is 24.2 Å². The normalized spacial score (nSPS) is 25.6. The van der Waals surface area contributed by atoms with Crippen LogP contribution in [0.3, 0.4) is 0 Å². The van der Waals surface area contributed by atoms with Crippen LogP contribution in [-0.2, 0) is 9.53 Å².